The van der Waals surface area contributed by atoms with Gasteiger partial charge in [0, 0.05) is 41.2 Å². The number of halogens is 3. The summed E-state index contributed by atoms with van der Waals surface area (Å²) in [6, 6.07) is 27.9. The number of hydrogen-bond acceptors (Lipinski definition) is 17. The molecule has 7 aromatic rings. The van der Waals surface area contributed by atoms with Gasteiger partial charge in [0.25, 0.3) is 0 Å². The van der Waals surface area contributed by atoms with Crippen LogP contribution in [0.4, 0.5) is 5.69 Å². The number of aromatic hydroxyl groups is 3. The number of aromatic nitrogens is 2. The van der Waals surface area contributed by atoms with E-state index in [0.717, 1.165) is 80.6 Å². The molecular weight excluding hydrogens is 1180 g/mol. The Bertz CT molecular complexity index is 3460. The highest BCUT2D eigenvalue weighted by atomic mass is 79.9. The quantitative estimate of drug-likeness (QED) is 0.0401. The highest BCUT2D eigenvalue weighted by molar-refractivity contribution is 9.11. The summed E-state index contributed by atoms with van der Waals surface area (Å²) in [6.07, 6.45) is 2.77. The van der Waals surface area contributed by atoms with Gasteiger partial charge >= 0.3 is 5.69 Å². The Morgan fingerprint density at radius 3 is 1.70 bits per heavy atom. The Labute approximate surface area is 460 Å². The van der Waals surface area contributed by atoms with Crippen molar-refractivity contribution in [1.29, 1.82) is 0 Å². The molecule has 5 aliphatic heterocycles. The summed E-state index contributed by atoms with van der Waals surface area (Å²) in [5.41, 5.74) is 15.6. The zero-order valence-electron chi connectivity index (χ0n) is 40.9. The molecular formula is C54H48Br3N7O12. The molecule has 392 valence electrons. The minimum atomic E-state index is -0.521. The van der Waals surface area contributed by atoms with Crippen LogP contribution < -0.4 is 44.0 Å². The van der Waals surface area contributed by atoms with Crippen LogP contribution in [0.2, 0.25) is 0 Å². The van der Waals surface area contributed by atoms with Crippen LogP contribution >= 0.6 is 47.8 Å². The number of rotatable bonds is 11. The highest BCUT2D eigenvalue weighted by Crippen LogP contribution is 2.46. The molecule has 76 heavy (non-hydrogen) atoms. The van der Waals surface area contributed by atoms with Gasteiger partial charge in [0.05, 0.1) is 55.4 Å². The molecule has 0 saturated heterocycles. The Morgan fingerprint density at radius 1 is 0.645 bits per heavy atom. The smallest absolute Gasteiger partial charge is 0.313 e. The Kier molecular flexibility index (Phi) is 15.2. The molecule has 1 aromatic heterocycles. The van der Waals surface area contributed by atoms with Gasteiger partial charge in [-0.3, -0.25) is 15.2 Å². The Balaban J connectivity index is 0.000000131. The zero-order chi connectivity index (χ0) is 53.2. The lowest BCUT2D eigenvalue weighted by molar-refractivity contribution is -0.386. The third-order valence-corrected chi connectivity index (χ3v) is 14.7. The number of aromatic amines is 1. The normalized spacial score (nSPS) is 16.1. The third-order valence-electron chi connectivity index (χ3n) is 12.8. The molecule has 19 nitrogen and oxygen atoms in total. The number of benzene rings is 6. The summed E-state index contributed by atoms with van der Waals surface area (Å²) in [5.74, 6) is 4.64. The van der Waals surface area contributed by atoms with Crippen LogP contribution in [0.1, 0.15) is 78.1 Å². The number of nitro benzene ring substituents is 1. The summed E-state index contributed by atoms with van der Waals surface area (Å²) in [7, 11) is 0. The van der Waals surface area contributed by atoms with E-state index in [-0.39, 0.29) is 71.2 Å². The zero-order valence-corrected chi connectivity index (χ0v) is 45.7. The summed E-state index contributed by atoms with van der Waals surface area (Å²) in [4.78, 5) is 11.1. The van der Waals surface area contributed by atoms with E-state index in [4.69, 9.17) is 33.2 Å². The number of ether oxygens (including phenoxy) is 7. The fourth-order valence-corrected chi connectivity index (χ4v) is 10.5. The van der Waals surface area contributed by atoms with Gasteiger partial charge in [-0.15, -0.1) is 0 Å². The van der Waals surface area contributed by atoms with Crippen molar-refractivity contribution in [3.8, 4) is 80.0 Å². The molecule has 2 unspecified atom stereocenters. The van der Waals surface area contributed by atoms with E-state index < -0.39 is 4.92 Å². The first-order valence-electron chi connectivity index (χ1n) is 23.9. The largest absolute Gasteiger partial charge is 0.506 e. The summed E-state index contributed by atoms with van der Waals surface area (Å²) in [6.45, 7) is 6.99. The van der Waals surface area contributed by atoms with Crippen molar-refractivity contribution >= 4 is 64.9 Å². The van der Waals surface area contributed by atoms with Crippen molar-refractivity contribution in [1.82, 2.24) is 21.0 Å². The first-order valence-corrected chi connectivity index (χ1v) is 26.3. The topological polar surface area (TPSA) is 246 Å². The van der Waals surface area contributed by atoms with Crippen molar-refractivity contribution in [3.05, 3.63) is 148 Å². The number of nitro groups is 1. The Morgan fingerprint density at radius 2 is 1.14 bits per heavy atom. The highest BCUT2D eigenvalue weighted by Gasteiger charge is 2.32. The minimum absolute atomic E-state index is 0.0218. The van der Waals surface area contributed by atoms with Crippen molar-refractivity contribution < 1.29 is 53.4 Å². The molecule has 6 heterocycles. The van der Waals surface area contributed by atoms with Crippen LogP contribution in [0.15, 0.2) is 115 Å². The maximum Gasteiger partial charge on any atom is 0.313 e. The number of phenolic OH excluding ortho intramolecular Hbond substituents is 3. The molecule has 5 aliphatic rings. The lowest BCUT2D eigenvalue weighted by Gasteiger charge is -2.13. The molecule has 6 N–H and O–H groups in total. The van der Waals surface area contributed by atoms with Crippen molar-refractivity contribution in [3.63, 3.8) is 0 Å². The molecule has 6 aromatic carbocycles. The van der Waals surface area contributed by atoms with Gasteiger partial charge in [-0.05, 0) is 163 Å². The lowest BCUT2D eigenvalue weighted by Crippen LogP contribution is -2.10. The van der Waals surface area contributed by atoms with Gasteiger partial charge < -0.3 is 59.3 Å². The summed E-state index contributed by atoms with van der Waals surface area (Å²) >= 11 is 10.0. The van der Waals surface area contributed by atoms with Gasteiger partial charge in [0.1, 0.15) is 21.7 Å². The standard InChI is InChI=1S/C20H20BrN3O6.C17H15BrN2O3.C17H13BrN2O3/c1-2-3-6-28-20-15(24(26)27)8-12(19(25)18(20)21)14-9-13(22-23-14)11-4-5-16-17(7-11)30-10-29-16;2*1-9-4-11(17(21)12(18)5-9)14-7-13(19-20-14)10-2-3-15-16(6-10)23-8-22-15/h4-5,7-8,13,22,25H,2-3,6,9-10H2,1H3;2-6,13,19,21H,7-8H2,1H3;2-7,21H,8H2,1H3,(H,19,20). The molecule has 0 spiro atoms. The fourth-order valence-electron chi connectivity index (χ4n) is 8.84. The van der Waals surface area contributed by atoms with E-state index in [9.17, 15) is 25.4 Å². The van der Waals surface area contributed by atoms with E-state index in [2.05, 4.69) is 79.0 Å². The molecule has 0 saturated carbocycles. The van der Waals surface area contributed by atoms with Gasteiger partial charge in [0.15, 0.2) is 34.5 Å². The number of nitrogens with zero attached hydrogens (tertiary/aromatic N) is 4. The predicted molar refractivity (Wildman–Crippen MR) is 292 cm³/mol. The molecule has 0 bridgehead atoms. The summed E-state index contributed by atoms with van der Waals surface area (Å²) in [5, 5.41) is 58.9. The van der Waals surface area contributed by atoms with E-state index in [1.165, 1.54) is 6.07 Å². The molecule has 0 amide bonds. The van der Waals surface area contributed by atoms with Crippen LogP contribution in [-0.2, 0) is 0 Å². The number of nitrogens with one attached hydrogen (secondary N) is 3. The number of hydrazone groups is 2. The predicted octanol–water partition coefficient (Wildman–Crippen LogP) is 12.3. The molecule has 0 radical (unpaired) electrons. The van der Waals surface area contributed by atoms with Gasteiger partial charge in [-0.2, -0.15) is 15.3 Å². The second-order valence-corrected chi connectivity index (χ2v) is 20.5. The van der Waals surface area contributed by atoms with Crippen LogP contribution in [0.25, 0.3) is 22.5 Å². The fraction of sp³-hybridized carbons (Fsp3) is 0.241. The van der Waals surface area contributed by atoms with E-state index in [1.54, 1.807) is 0 Å². The Hall–Kier alpha value is -7.69. The maximum atomic E-state index is 11.6. The van der Waals surface area contributed by atoms with Crippen LogP contribution in [0, 0.1) is 24.0 Å². The third kappa shape index (κ3) is 10.9. The number of H-pyrrole nitrogens is 1. The van der Waals surface area contributed by atoms with Gasteiger partial charge in [0.2, 0.25) is 26.1 Å². The number of fused-ring (bicyclic) bond motifs is 3. The van der Waals surface area contributed by atoms with Crippen molar-refractivity contribution in [2.45, 2.75) is 58.5 Å². The first-order chi connectivity index (χ1) is 36.7. The van der Waals surface area contributed by atoms with Crippen molar-refractivity contribution in [2.75, 3.05) is 27.0 Å². The van der Waals surface area contributed by atoms with E-state index >= 15 is 0 Å². The maximum absolute atomic E-state index is 11.6. The summed E-state index contributed by atoms with van der Waals surface area (Å²) < 4.78 is 39.3. The van der Waals surface area contributed by atoms with E-state index in [1.807, 2.05) is 106 Å². The molecule has 0 aliphatic carbocycles. The second-order valence-electron chi connectivity index (χ2n) is 18.0. The monoisotopic (exact) mass is 1220 g/mol. The second kappa shape index (κ2) is 22.3. The molecule has 22 heteroatoms. The van der Waals surface area contributed by atoms with Gasteiger partial charge in [-0.1, -0.05) is 25.5 Å². The van der Waals surface area contributed by atoms with Crippen molar-refractivity contribution in [2.24, 2.45) is 10.2 Å². The van der Waals surface area contributed by atoms with Crippen LogP contribution in [0.3, 0.4) is 0 Å². The molecule has 0 fully saturated rings. The minimum Gasteiger partial charge on any atom is -0.506 e. The van der Waals surface area contributed by atoms with E-state index in [0.29, 0.717) is 56.9 Å². The molecule has 12 rings (SSSR count). The number of unbranched alkanes of at least 4 members (excludes halogenated alkanes) is 1. The van der Waals surface area contributed by atoms with Crippen LogP contribution in [-0.4, -0.2) is 68.8 Å². The van der Waals surface area contributed by atoms with Gasteiger partial charge in [-0.25, -0.2) is 0 Å². The SMILES string of the molecule is CCCCOc1c([N+](=O)[O-])cc(C2=NNC(c3ccc4c(c3)OCO4)C2)c(O)c1Br.Cc1cc(Br)c(O)c(-c2cc(-c3ccc4c(c3)OCO4)n[nH]2)c1.Cc1cc(Br)c(O)c(C2=NNC(c3ccc4c(c3)OCO4)C2)c1. The molecule has 2 atom stereocenters. The first kappa shape index (κ1) is 51.8. The van der Waals surface area contributed by atoms with Crippen LogP contribution in [0.5, 0.6) is 57.5 Å². The number of hydrogen-bond donors (Lipinski definition) is 6. The lowest BCUT2D eigenvalue weighted by atomic mass is 9.97. The average molecular weight is 1230 g/mol. The number of aryl methyl sites for hydroxylation is 2. The number of phenols is 3. The average Bonchev–Trinajstić information content (AvgIpc) is 4.29.